The summed E-state index contributed by atoms with van der Waals surface area (Å²) in [6.45, 7) is 0. The zero-order valence-electron chi connectivity index (χ0n) is 5.24. The molecule has 2 nitrogen and oxygen atoms in total. The van der Waals surface area contributed by atoms with Gasteiger partial charge in [-0.15, -0.1) is 0 Å². The maximum absolute atomic E-state index is 9.68. The number of rotatable bonds is 1. The highest BCUT2D eigenvalue weighted by atomic mass is 32.1. The molecule has 0 atom stereocenters. The van der Waals surface area contributed by atoms with Gasteiger partial charge in [0.05, 0.1) is 5.69 Å². The van der Waals surface area contributed by atoms with Crippen LogP contribution in [0.25, 0.3) is 0 Å². The Kier molecular flexibility index (Phi) is 4.29. The minimum atomic E-state index is 0. The van der Waals surface area contributed by atoms with Crippen LogP contribution >= 0.6 is 13.5 Å². The summed E-state index contributed by atoms with van der Waals surface area (Å²) >= 11 is 0. The molecule has 0 saturated carbocycles. The highest BCUT2D eigenvalue weighted by Gasteiger charge is 1.79. The van der Waals surface area contributed by atoms with Crippen molar-refractivity contribution in [1.82, 2.24) is 0 Å². The molecule has 1 aromatic carbocycles. The minimum Gasteiger partial charge on any atom is -0.211 e. The van der Waals surface area contributed by atoms with Gasteiger partial charge in [-0.1, -0.05) is 18.2 Å². The van der Waals surface area contributed by atoms with Crippen molar-refractivity contribution in [1.29, 1.82) is 0 Å². The molecule has 0 spiro atoms. The molecule has 0 radical (unpaired) electrons. The van der Waals surface area contributed by atoms with Crippen molar-refractivity contribution < 1.29 is 4.79 Å². The number of nitrogens with zero attached hydrogens (tertiary/aromatic N) is 1. The minimum absolute atomic E-state index is 0. The lowest BCUT2D eigenvalue weighted by Crippen LogP contribution is -1.59. The van der Waals surface area contributed by atoms with Crippen LogP contribution in [0.2, 0.25) is 0 Å². The second-order valence-electron chi connectivity index (χ2n) is 1.54. The predicted octanol–water partition coefficient (Wildman–Crippen LogP) is 1.77. The summed E-state index contributed by atoms with van der Waals surface area (Å²) in [6.07, 6.45) is 1.46. The average molecular weight is 153 g/mol. The lowest BCUT2D eigenvalue weighted by Gasteiger charge is -1.83. The molecular weight excluding hydrogens is 146 g/mol. The molecule has 0 aliphatic rings. The molecule has 52 valence electrons. The molecule has 0 fully saturated rings. The van der Waals surface area contributed by atoms with E-state index in [1.54, 1.807) is 12.1 Å². The van der Waals surface area contributed by atoms with Crippen molar-refractivity contribution in [3.05, 3.63) is 30.3 Å². The van der Waals surface area contributed by atoms with E-state index in [1.165, 1.54) is 6.08 Å². The maximum atomic E-state index is 9.68. The normalized spacial score (nSPS) is 7.20. The Balaban J connectivity index is 0.000000810. The number of para-hydroxylation sites is 1. The SMILES string of the molecule is O=C=Nc1ccccc1.S. The molecule has 1 rings (SSSR count). The van der Waals surface area contributed by atoms with Crippen LogP contribution in [0.3, 0.4) is 0 Å². The van der Waals surface area contributed by atoms with Gasteiger partial charge in [-0.3, -0.25) is 0 Å². The van der Waals surface area contributed by atoms with Crippen LogP contribution < -0.4 is 0 Å². The van der Waals surface area contributed by atoms with E-state index in [0.717, 1.165) is 0 Å². The fourth-order valence-electron chi connectivity index (χ4n) is 0.555. The summed E-state index contributed by atoms with van der Waals surface area (Å²) < 4.78 is 0. The third-order valence-corrected chi connectivity index (χ3v) is 0.931. The van der Waals surface area contributed by atoms with Crippen LogP contribution in [-0.2, 0) is 4.79 Å². The maximum Gasteiger partial charge on any atom is 0.240 e. The van der Waals surface area contributed by atoms with Crippen molar-refractivity contribution >= 4 is 25.3 Å². The van der Waals surface area contributed by atoms with Gasteiger partial charge in [0.1, 0.15) is 0 Å². The molecule has 0 aromatic heterocycles. The fourth-order valence-corrected chi connectivity index (χ4v) is 0.555. The van der Waals surface area contributed by atoms with Crippen molar-refractivity contribution in [2.75, 3.05) is 0 Å². The Bertz CT molecular complexity index is 229. The Morgan fingerprint density at radius 1 is 1.20 bits per heavy atom. The largest absolute Gasteiger partial charge is 0.240 e. The Labute approximate surface area is 66.0 Å². The molecular formula is C7H7NOS. The highest BCUT2D eigenvalue weighted by molar-refractivity contribution is 7.59. The first kappa shape index (κ1) is 8.95. The summed E-state index contributed by atoms with van der Waals surface area (Å²) in [5, 5.41) is 0. The second-order valence-corrected chi connectivity index (χ2v) is 1.54. The second kappa shape index (κ2) is 4.79. The van der Waals surface area contributed by atoms with Crippen LogP contribution in [0, 0.1) is 0 Å². The molecule has 0 saturated heterocycles. The lowest BCUT2D eigenvalue weighted by molar-refractivity contribution is 0.565. The van der Waals surface area contributed by atoms with Crippen molar-refractivity contribution in [2.45, 2.75) is 0 Å². The van der Waals surface area contributed by atoms with Crippen LogP contribution in [0.1, 0.15) is 0 Å². The number of hydrogen-bond donors (Lipinski definition) is 0. The molecule has 0 aliphatic carbocycles. The molecule has 3 heteroatoms. The van der Waals surface area contributed by atoms with Gasteiger partial charge >= 0.3 is 0 Å². The van der Waals surface area contributed by atoms with Gasteiger partial charge in [-0.05, 0) is 12.1 Å². The smallest absolute Gasteiger partial charge is 0.211 e. The first-order chi connectivity index (χ1) is 4.43. The molecule has 0 N–H and O–H groups in total. The van der Waals surface area contributed by atoms with Gasteiger partial charge in [0.25, 0.3) is 0 Å². The quantitative estimate of drug-likeness (QED) is 0.446. The highest BCUT2D eigenvalue weighted by Crippen LogP contribution is 2.06. The number of isocyanates is 1. The predicted molar refractivity (Wildman–Crippen MR) is 44.6 cm³/mol. The molecule has 0 heterocycles. The molecule has 10 heavy (non-hydrogen) atoms. The van der Waals surface area contributed by atoms with Gasteiger partial charge in [0.2, 0.25) is 6.08 Å². The molecule has 0 amide bonds. The average Bonchev–Trinajstić information content (AvgIpc) is 1.91. The van der Waals surface area contributed by atoms with Gasteiger partial charge in [-0.25, -0.2) is 4.79 Å². The Hall–Kier alpha value is -1.05. The van der Waals surface area contributed by atoms with E-state index in [0.29, 0.717) is 5.69 Å². The van der Waals surface area contributed by atoms with E-state index in [9.17, 15) is 4.79 Å². The van der Waals surface area contributed by atoms with Crippen LogP contribution in [0.15, 0.2) is 35.3 Å². The Morgan fingerprint density at radius 2 is 1.80 bits per heavy atom. The standard InChI is InChI=1S/C7H5NO.H2S/c9-6-8-7-4-2-1-3-5-7;/h1-5H;1H2. The van der Waals surface area contributed by atoms with Gasteiger partial charge < -0.3 is 0 Å². The number of aliphatic imine (C=N–C) groups is 1. The Morgan fingerprint density at radius 3 is 2.30 bits per heavy atom. The van der Waals surface area contributed by atoms with Crippen molar-refractivity contribution in [3.8, 4) is 0 Å². The summed E-state index contributed by atoms with van der Waals surface area (Å²) in [5.41, 5.74) is 0.646. The summed E-state index contributed by atoms with van der Waals surface area (Å²) in [7, 11) is 0. The zero-order chi connectivity index (χ0) is 6.53. The molecule has 1 aromatic rings. The van der Waals surface area contributed by atoms with Crippen LogP contribution in [-0.4, -0.2) is 6.08 Å². The fraction of sp³-hybridized carbons (Fsp3) is 0. The lowest BCUT2D eigenvalue weighted by atomic mass is 10.3. The van der Waals surface area contributed by atoms with E-state index in [4.69, 9.17) is 0 Å². The van der Waals surface area contributed by atoms with Gasteiger partial charge in [0.15, 0.2) is 0 Å². The molecule has 0 aliphatic heterocycles. The third kappa shape index (κ3) is 2.49. The van der Waals surface area contributed by atoms with E-state index < -0.39 is 0 Å². The monoisotopic (exact) mass is 153 g/mol. The first-order valence-electron chi connectivity index (χ1n) is 2.56. The molecule has 0 unspecified atom stereocenters. The van der Waals surface area contributed by atoms with Crippen molar-refractivity contribution in [3.63, 3.8) is 0 Å². The number of benzene rings is 1. The summed E-state index contributed by atoms with van der Waals surface area (Å²) in [4.78, 5) is 13.1. The summed E-state index contributed by atoms with van der Waals surface area (Å²) in [5.74, 6) is 0. The van der Waals surface area contributed by atoms with E-state index in [1.807, 2.05) is 18.2 Å². The number of carbonyl (C=O) groups excluding carboxylic acids is 1. The van der Waals surface area contributed by atoms with Gasteiger partial charge in [-0.2, -0.15) is 18.5 Å². The number of hydrogen-bond acceptors (Lipinski definition) is 2. The topological polar surface area (TPSA) is 29.4 Å². The first-order valence-corrected chi connectivity index (χ1v) is 2.56. The van der Waals surface area contributed by atoms with E-state index in [-0.39, 0.29) is 13.5 Å². The van der Waals surface area contributed by atoms with Crippen molar-refractivity contribution in [2.24, 2.45) is 4.99 Å². The van der Waals surface area contributed by atoms with Gasteiger partial charge in [0, 0.05) is 0 Å². The van der Waals surface area contributed by atoms with Crippen LogP contribution in [0.5, 0.6) is 0 Å². The third-order valence-electron chi connectivity index (χ3n) is 0.931. The zero-order valence-corrected chi connectivity index (χ0v) is 6.24. The molecule has 0 bridgehead atoms. The van der Waals surface area contributed by atoms with E-state index in [2.05, 4.69) is 4.99 Å². The summed E-state index contributed by atoms with van der Waals surface area (Å²) in [6, 6.07) is 8.98. The van der Waals surface area contributed by atoms with Crippen LogP contribution in [0.4, 0.5) is 5.69 Å². The van der Waals surface area contributed by atoms with E-state index >= 15 is 0 Å².